The lowest BCUT2D eigenvalue weighted by atomic mass is 10.1. The molecule has 3 rings (SSSR count). The standard InChI is InChI=1S/C20H17ClN2O6/c1-27-17-9-12(6-7-16(17)29-11-18(24)28-2)8-15-19(25)23(20(26)22-15)14-5-3-4-13(21)10-14/h3-10H,11H2,1-2H3,(H,22,26)/b15-8+. The Morgan fingerprint density at radius 2 is 1.93 bits per heavy atom. The molecule has 1 aliphatic rings. The Balaban J connectivity index is 1.83. The topological polar surface area (TPSA) is 94.2 Å². The molecule has 2 aromatic rings. The molecule has 2 aromatic carbocycles. The van der Waals surface area contributed by atoms with E-state index in [1.165, 1.54) is 26.4 Å². The summed E-state index contributed by atoms with van der Waals surface area (Å²) in [7, 11) is 2.71. The van der Waals surface area contributed by atoms with Gasteiger partial charge in [-0.05, 0) is 42.0 Å². The van der Waals surface area contributed by atoms with Crippen LogP contribution in [0.5, 0.6) is 11.5 Å². The van der Waals surface area contributed by atoms with Crippen molar-refractivity contribution in [3.63, 3.8) is 0 Å². The van der Waals surface area contributed by atoms with Crippen molar-refractivity contribution in [2.75, 3.05) is 25.7 Å². The molecule has 1 heterocycles. The number of urea groups is 1. The van der Waals surface area contributed by atoms with Crippen molar-refractivity contribution < 1.29 is 28.6 Å². The molecular weight excluding hydrogens is 400 g/mol. The van der Waals surface area contributed by atoms with Gasteiger partial charge in [-0.2, -0.15) is 0 Å². The van der Waals surface area contributed by atoms with Crippen molar-refractivity contribution in [2.45, 2.75) is 0 Å². The molecular formula is C20H17ClN2O6. The Hall–Kier alpha value is -3.52. The number of nitrogens with one attached hydrogen (secondary N) is 1. The van der Waals surface area contributed by atoms with Crippen LogP contribution in [-0.2, 0) is 14.3 Å². The van der Waals surface area contributed by atoms with Gasteiger partial charge in [0.05, 0.1) is 19.9 Å². The molecule has 9 heteroatoms. The lowest BCUT2D eigenvalue weighted by Gasteiger charge is -2.12. The van der Waals surface area contributed by atoms with Gasteiger partial charge in [0.1, 0.15) is 5.70 Å². The lowest BCUT2D eigenvalue weighted by Crippen LogP contribution is -2.30. The smallest absolute Gasteiger partial charge is 0.343 e. The van der Waals surface area contributed by atoms with E-state index in [2.05, 4.69) is 10.1 Å². The summed E-state index contributed by atoms with van der Waals surface area (Å²) >= 11 is 5.95. The molecule has 0 saturated carbocycles. The van der Waals surface area contributed by atoms with Gasteiger partial charge in [0, 0.05) is 5.02 Å². The molecule has 150 valence electrons. The fourth-order valence-corrected chi connectivity index (χ4v) is 2.82. The first kappa shape index (κ1) is 20.2. The van der Waals surface area contributed by atoms with E-state index in [1.807, 2.05) is 0 Å². The number of halogens is 1. The first-order valence-electron chi connectivity index (χ1n) is 8.43. The predicted molar refractivity (Wildman–Crippen MR) is 106 cm³/mol. The summed E-state index contributed by atoms with van der Waals surface area (Å²) in [5.74, 6) is -0.352. The SMILES string of the molecule is COC(=O)COc1ccc(/C=C2/NC(=O)N(c3cccc(Cl)c3)C2=O)cc1OC. The average molecular weight is 417 g/mol. The second-order valence-electron chi connectivity index (χ2n) is 5.88. The number of esters is 1. The van der Waals surface area contributed by atoms with Crippen molar-refractivity contribution in [2.24, 2.45) is 0 Å². The molecule has 1 saturated heterocycles. The number of hydrogen-bond acceptors (Lipinski definition) is 6. The molecule has 0 atom stereocenters. The third-order valence-electron chi connectivity index (χ3n) is 4.02. The molecule has 0 radical (unpaired) electrons. The number of anilines is 1. The molecule has 1 fully saturated rings. The minimum Gasteiger partial charge on any atom is -0.493 e. The van der Waals surface area contributed by atoms with Crippen LogP contribution in [0.25, 0.3) is 6.08 Å². The Bertz CT molecular complexity index is 1000. The van der Waals surface area contributed by atoms with Crippen molar-refractivity contribution in [3.05, 3.63) is 58.7 Å². The maximum absolute atomic E-state index is 12.7. The van der Waals surface area contributed by atoms with Gasteiger partial charge >= 0.3 is 12.0 Å². The Kier molecular flexibility index (Phi) is 6.04. The highest BCUT2D eigenvalue weighted by Gasteiger charge is 2.34. The minimum atomic E-state index is -0.575. The van der Waals surface area contributed by atoms with Crippen molar-refractivity contribution in [3.8, 4) is 11.5 Å². The van der Waals surface area contributed by atoms with E-state index in [0.717, 1.165) is 4.90 Å². The number of amides is 3. The molecule has 0 aliphatic carbocycles. The van der Waals surface area contributed by atoms with E-state index in [0.29, 0.717) is 27.8 Å². The average Bonchev–Trinajstić information content (AvgIpc) is 2.99. The number of rotatable bonds is 6. The summed E-state index contributed by atoms with van der Waals surface area (Å²) in [4.78, 5) is 37.2. The van der Waals surface area contributed by atoms with Crippen LogP contribution in [0.4, 0.5) is 10.5 Å². The molecule has 3 amide bonds. The third kappa shape index (κ3) is 4.49. The fourth-order valence-electron chi connectivity index (χ4n) is 2.64. The van der Waals surface area contributed by atoms with Gasteiger partial charge in [-0.15, -0.1) is 0 Å². The van der Waals surface area contributed by atoms with Crippen LogP contribution >= 0.6 is 11.6 Å². The quantitative estimate of drug-likeness (QED) is 0.442. The van der Waals surface area contributed by atoms with Crippen LogP contribution in [0.15, 0.2) is 48.2 Å². The van der Waals surface area contributed by atoms with Crippen molar-refractivity contribution >= 4 is 41.3 Å². The van der Waals surface area contributed by atoms with Crippen LogP contribution in [0.3, 0.4) is 0 Å². The summed E-state index contributed by atoms with van der Waals surface area (Å²) in [5.41, 5.74) is 1.05. The monoisotopic (exact) mass is 416 g/mol. The third-order valence-corrected chi connectivity index (χ3v) is 4.25. The highest BCUT2D eigenvalue weighted by atomic mass is 35.5. The Morgan fingerprint density at radius 1 is 1.14 bits per heavy atom. The van der Waals surface area contributed by atoms with Gasteiger partial charge < -0.3 is 19.5 Å². The summed E-state index contributed by atoms with van der Waals surface area (Å²) in [6.45, 7) is -0.267. The molecule has 0 spiro atoms. The van der Waals surface area contributed by atoms with Gasteiger partial charge in [-0.3, -0.25) is 4.79 Å². The fraction of sp³-hybridized carbons (Fsp3) is 0.150. The zero-order chi connectivity index (χ0) is 21.0. The van der Waals surface area contributed by atoms with Gasteiger partial charge in [-0.25, -0.2) is 14.5 Å². The largest absolute Gasteiger partial charge is 0.493 e. The number of hydrogen-bond donors (Lipinski definition) is 1. The number of carbonyl (C=O) groups excluding carboxylic acids is 3. The first-order chi connectivity index (χ1) is 13.9. The van der Waals surface area contributed by atoms with E-state index in [4.69, 9.17) is 21.1 Å². The number of methoxy groups -OCH3 is 2. The van der Waals surface area contributed by atoms with Gasteiger partial charge in [0.15, 0.2) is 18.1 Å². The van der Waals surface area contributed by atoms with E-state index in [9.17, 15) is 14.4 Å². The number of nitrogens with zero attached hydrogens (tertiary/aromatic N) is 1. The van der Waals surface area contributed by atoms with Gasteiger partial charge in [-0.1, -0.05) is 23.7 Å². The van der Waals surface area contributed by atoms with Gasteiger partial charge in [0.25, 0.3) is 5.91 Å². The number of carbonyl (C=O) groups is 3. The lowest BCUT2D eigenvalue weighted by molar-refractivity contribution is -0.142. The van der Waals surface area contributed by atoms with Crippen LogP contribution in [0.1, 0.15) is 5.56 Å². The molecule has 0 unspecified atom stereocenters. The van der Waals surface area contributed by atoms with E-state index >= 15 is 0 Å². The maximum Gasteiger partial charge on any atom is 0.343 e. The van der Waals surface area contributed by atoms with Gasteiger partial charge in [0.2, 0.25) is 0 Å². The summed E-state index contributed by atoms with van der Waals surface area (Å²) in [6.07, 6.45) is 1.51. The number of benzene rings is 2. The molecule has 0 bridgehead atoms. The highest BCUT2D eigenvalue weighted by Crippen LogP contribution is 2.30. The van der Waals surface area contributed by atoms with Crippen molar-refractivity contribution in [1.82, 2.24) is 5.32 Å². The van der Waals surface area contributed by atoms with E-state index in [1.54, 1.807) is 36.4 Å². The Morgan fingerprint density at radius 3 is 2.62 bits per heavy atom. The zero-order valence-corrected chi connectivity index (χ0v) is 16.4. The summed E-state index contributed by atoms with van der Waals surface area (Å²) in [6, 6.07) is 10.7. The number of ether oxygens (including phenoxy) is 3. The second kappa shape index (κ2) is 8.66. The van der Waals surface area contributed by atoms with Crippen LogP contribution in [-0.4, -0.2) is 38.7 Å². The zero-order valence-electron chi connectivity index (χ0n) is 15.6. The van der Waals surface area contributed by atoms with Crippen LogP contribution < -0.4 is 19.7 Å². The van der Waals surface area contributed by atoms with Crippen LogP contribution in [0, 0.1) is 0 Å². The molecule has 29 heavy (non-hydrogen) atoms. The van der Waals surface area contributed by atoms with Crippen LogP contribution in [0.2, 0.25) is 5.02 Å². The normalized spacial score (nSPS) is 14.7. The summed E-state index contributed by atoms with van der Waals surface area (Å²) in [5, 5.41) is 2.95. The first-order valence-corrected chi connectivity index (χ1v) is 8.81. The molecule has 8 nitrogen and oxygen atoms in total. The van der Waals surface area contributed by atoms with Crippen molar-refractivity contribution in [1.29, 1.82) is 0 Å². The summed E-state index contributed by atoms with van der Waals surface area (Å²) < 4.78 is 15.1. The highest BCUT2D eigenvalue weighted by molar-refractivity contribution is 6.32. The van der Waals surface area contributed by atoms with E-state index in [-0.39, 0.29) is 12.3 Å². The number of imide groups is 1. The predicted octanol–water partition coefficient (Wildman–Crippen LogP) is 3.00. The maximum atomic E-state index is 12.7. The molecule has 1 aliphatic heterocycles. The minimum absolute atomic E-state index is 0.0975. The Labute approximate surface area is 171 Å². The van der Waals surface area contributed by atoms with E-state index < -0.39 is 17.9 Å². The molecule has 1 N–H and O–H groups in total. The second-order valence-corrected chi connectivity index (χ2v) is 6.32. The molecule has 0 aromatic heterocycles.